The Kier molecular flexibility index (Phi) is 8.64. The van der Waals surface area contributed by atoms with Gasteiger partial charge in [-0.15, -0.1) is 24.3 Å². The van der Waals surface area contributed by atoms with Crippen LogP contribution in [0.5, 0.6) is 0 Å². The third-order valence-corrected chi connectivity index (χ3v) is 5.12. The molecule has 0 amide bonds. The Morgan fingerprint density at radius 3 is 1.49 bits per heavy atom. The van der Waals surface area contributed by atoms with Crippen LogP contribution in [0.4, 0.5) is 17.6 Å². The molecule has 2 aromatic heterocycles. The zero-order valence-electron chi connectivity index (χ0n) is 19.1. The standard InChI is InChI=1S/C24H16F4N4O4.Pt/c1-35-23(33)15-11-31(21-7-3-13(25)9-17(21)27)29-19(15)5-6-20-16(24(34)36-2)12-32(30-20)22-8-4-14(26)10-18(22)28;/h3-4,9-12H,5-6H2,1-2H3;/q-2;+2. The molecule has 4 rings (SSSR count). The van der Waals surface area contributed by atoms with Gasteiger partial charge in [0.25, 0.3) is 0 Å². The van der Waals surface area contributed by atoms with Crippen LogP contribution in [0.3, 0.4) is 0 Å². The molecule has 0 saturated heterocycles. The van der Waals surface area contributed by atoms with Crippen molar-refractivity contribution in [1.29, 1.82) is 0 Å². The molecule has 0 radical (unpaired) electrons. The maximum absolute atomic E-state index is 14.2. The molecular weight excluding hydrogens is 679 g/mol. The smallest absolute Gasteiger partial charge is 0.465 e. The van der Waals surface area contributed by atoms with E-state index in [-0.39, 0.29) is 67.8 Å². The Balaban J connectivity index is 0.00000380. The Hall–Kier alpha value is -3.79. The van der Waals surface area contributed by atoms with Crippen molar-refractivity contribution in [2.45, 2.75) is 12.8 Å². The van der Waals surface area contributed by atoms with Gasteiger partial charge >= 0.3 is 33.0 Å². The van der Waals surface area contributed by atoms with Crippen LogP contribution < -0.4 is 0 Å². The molecule has 2 aromatic carbocycles. The van der Waals surface area contributed by atoms with Crippen LogP contribution in [0.1, 0.15) is 32.1 Å². The summed E-state index contributed by atoms with van der Waals surface area (Å²) >= 11 is 0. The summed E-state index contributed by atoms with van der Waals surface area (Å²) in [5, 5.41) is 8.40. The van der Waals surface area contributed by atoms with Crippen LogP contribution in [0.25, 0.3) is 11.4 Å². The first-order chi connectivity index (χ1) is 17.2. The van der Waals surface area contributed by atoms with E-state index < -0.39 is 35.2 Å². The topological polar surface area (TPSA) is 88.2 Å². The summed E-state index contributed by atoms with van der Waals surface area (Å²) in [6, 6.07) is 7.94. The summed E-state index contributed by atoms with van der Waals surface area (Å²) in [5.41, 5.74) is -0.157. The van der Waals surface area contributed by atoms with Crippen molar-refractivity contribution in [2.75, 3.05) is 14.2 Å². The number of hydrogen-bond acceptors (Lipinski definition) is 6. The molecule has 194 valence electrons. The fourth-order valence-electron chi connectivity index (χ4n) is 3.44. The van der Waals surface area contributed by atoms with Gasteiger partial charge in [0, 0.05) is 35.7 Å². The average molecular weight is 695 g/mol. The fourth-order valence-corrected chi connectivity index (χ4v) is 3.44. The molecule has 8 nitrogen and oxygen atoms in total. The Morgan fingerprint density at radius 2 is 1.16 bits per heavy atom. The first-order valence-electron chi connectivity index (χ1n) is 10.3. The zero-order chi connectivity index (χ0) is 26.0. The first kappa shape index (κ1) is 27.8. The molecule has 0 saturated carbocycles. The molecule has 0 fully saturated rings. The molecule has 0 aliphatic carbocycles. The van der Waals surface area contributed by atoms with Gasteiger partial charge < -0.3 is 9.47 Å². The maximum atomic E-state index is 14.2. The molecule has 0 aliphatic heterocycles. The van der Waals surface area contributed by atoms with Gasteiger partial charge in [-0.1, -0.05) is 0 Å². The van der Waals surface area contributed by atoms with Gasteiger partial charge in [-0.3, -0.25) is 26.9 Å². The SMILES string of the molecule is COC(=O)c1cn(-c2[c-]cc(F)cc2F)nc1CCc1nn(-c2[c-]cc(F)cc2F)cc1C(=O)OC.[Pt+2]. The van der Waals surface area contributed by atoms with Crippen molar-refractivity contribution in [3.8, 4) is 11.4 Å². The van der Waals surface area contributed by atoms with Crippen molar-refractivity contribution in [2.24, 2.45) is 0 Å². The molecule has 0 atom stereocenters. The number of hydrogen-bond donors (Lipinski definition) is 0. The molecule has 0 N–H and O–H groups in total. The predicted molar refractivity (Wildman–Crippen MR) is 115 cm³/mol. The minimum absolute atomic E-state index is 0. The van der Waals surface area contributed by atoms with Crippen molar-refractivity contribution in [3.63, 3.8) is 0 Å². The number of esters is 2. The Bertz CT molecular complexity index is 1360. The quantitative estimate of drug-likeness (QED) is 0.167. The summed E-state index contributed by atoms with van der Waals surface area (Å²) in [4.78, 5) is 24.6. The zero-order valence-corrected chi connectivity index (χ0v) is 21.4. The van der Waals surface area contributed by atoms with Crippen LogP contribution in [-0.2, 0) is 43.4 Å². The number of aromatic nitrogens is 4. The fraction of sp³-hybridized carbons (Fsp3) is 0.167. The van der Waals surface area contributed by atoms with E-state index in [1.54, 1.807) is 0 Å². The second-order valence-electron chi connectivity index (χ2n) is 7.38. The van der Waals surface area contributed by atoms with Crippen molar-refractivity contribution in [3.05, 3.63) is 94.6 Å². The van der Waals surface area contributed by atoms with Gasteiger partial charge in [0.2, 0.25) is 0 Å². The minimum Gasteiger partial charge on any atom is -0.465 e. The molecule has 0 unspecified atom stereocenters. The van der Waals surface area contributed by atoms with Crippen molar-refractivity contribution in [1.82, 2.24) is 19.6 Å². The van der Waals surface area contributed by atoms with Crippen LogP contribution >= 0.6 is 0 Å². The van der Waals surface area contributed by atoms with Crippen LogP contribution in [0.2, 0.25) is 0 Å². The summed E-state index contributed by atoms with van der Waals surface area (Å²) < 4.78 is 66.6. The number of carbonyl (C=O) groups is 2. The molecule has 0 bridgehead atoms. The first-order valence-corrected chi connectivity index (χ1v) is 10.3. The summed E-state index contributed by atoms with van der Waals surface area (Å²) in [6.07, 6.45) is 2.43. The normalized spacial score (nSPS) is 10.6. The van der Waals surface area contributed by atoms with E-state index >= 15 is 0 Å². The van der Waals surface area contributed by atoms with Gasteiger partial charge in [0.15, 0.2) is 0 Å². The predicted octanol–water partition coefficient (Wildman–Crippen LogP) is 3.57. The molecule has 0 aliphatic rings. The molecule has 13 heteroatoms. The second-order valence-corrected chi connectivity index (χ2v) is 7.38. The largest absolute Gasteiger partial charge is 2.00 e. The Morgan fingerprint density at radius 1 is 0.784 bits per heavy atom. The number of carbonyl (C=O) groups excluding carboxylic acids is 2. The monoisotopic (exact) mass is 695 g/mol. The van der Waals surface area contributed by atoms with Gasteiger partial charge in [0.05, 0.1) is 25.6 Å². The van der Waals surface area contributed by atoms with E-state index in [2.05, 4.69) is 22.3 Å². The van der Waals surface area contributed by atoms with E-state index in [9.17, 15) is 27.2 Å². The van der Waals surface area contributed by atoms with Gasteiger partial charge in [-0.05, 0) is 24.2 Å². The van der Waals surface area contributed by atoms with Crippen LogP contribution in [0, 0.1) is 35.4 Å². The van der Waals surface area contributed by atoms with Crippen LogP contribution in [-0.4, -0.2) is 45.7 Å². The van der Waals surface area contributed by atoms with Crippen LogP contribution in [0.15, 0.2) is 36.7 Å². The van der Waals surface area contributed by atoms with E-state index in [1.165, 1.54) is 12.4 Å². The van der Waals surface area contributed by atoms with E-state index in [0.29, 0.717) is 12.1 Å². The average Bonchev–Trinajstić information content (AvgIpc) is 3.46. The number of ether oxygens (including phenoxy) is 2. The number of halogens is 4. The number of benzene rings is 2. The summed E-state index contributed by atoms with van der Waals surface area (Å²) in [5.74, 6) is -5.11. The van der Waals surface area contributed by atoms with Gasteiger partial charge in [-0.25, -0.2) is 9.59 Å². The maximum Gasteiger partial charge on any atom is 2.00 e. The third kappa shape index (κ3) is 5.80. The van der Waals surface area contributed by atoms with E-state index in [0.717, 1.165) is 35.7 Å². The molecule has 4 aromatic rings. The minimum atomic E-state index is -0.954. The number of nitrogens with zero attached hydrogens (tertiary/aromatic N) is 4. The number of rotatable bonds is 7. The molecule has 0 spiro atoms. The van der Waals surface area contributed by atoms with Gasteiger partial charge in [0.1, 0.15) is 11.1 Å². The summed E-state index contributed by atoms with van der Waals surface area (Å²) in [7, 11) is 2.30. The number of methoxy groups -OCH3 is 2. The van der Waals surface area contributed by atoms with Crippen molar-refractivity contribution < 1.29 is 57.7 Å². The van der Waals surface area contributed by atoms with E-state index in [1.807, 2.05) is 0 Å². The summed E-state index contributed by atoms with van der Waals surface area (Å²) in [6.45, 7) is 0. The van der Waals surface area contributed by atoms with E-state index in [4.69, 9.17) is 9.47 Å². The number of aryl methyl sites for hydroxylation is 2. The Labute approximate surface area is 222 Å². The molecule has 37 heavy (non-hydrogen) atoms. The molecule has 2 heterocycles. The van der Waals surface area contributed by atoms with Crippen molar-refractivity contribution >= 4 is 11.9 Å². The van der Waals surface area contributed by atoms with Gasteiger partial charge in [-0.2, -0.15) is 22.3 Å². The third-order valence-electron chi connectivity index (χ3n) is 5.12. The molecular formula is C24H16F4N4O4Pt. The second kappa shape index (κ2) is 11.5.